The smallest absolute Gasteiger partial charge is 0.339 e. The lowest BCUT2D eigenvalue weighted by atomic mass is 10.0. The van der Waals surface area contributed by atoms with Gasteiger partial charge in [0.05, 0.1) is 18.4 Å². The van der Waals surface area contributed by atoms with Crippen molar-refractivity contribution in [3.8, 4) is 0 Å². The number of aromatic nitrogens is 2. The fourth-order valence-corrected chi connectivity index (χ4v) is 2.69. The van der Waals surface area contributed by atoms with Gasteiger partial charge >= 0.3 is 5.97 Å². The number of para-hydroxylation sites is 1. The Kier molecular flexibility index (Phi) is 6.19. The van der Waals surface area contributed by atoms with Crippen LogP contribution in [-0.4, -0.2) is 29.2 Å². The molecule has 7 heteroatoms. The normalized spacial score (nSPS) is 10.5. The Bertz CT molecular complexity index is 999. The molecule has 1 heterocycles. The number of hydrogen-bond donors (Lipinski definition) is 2. The van der Waals surface area contributed by atoms with Crippen molar-refractivity contribution in [2.75, 3.05) is 17.7 Å². The molecule has 148 valence electrons. The molecule has 1 amide bonds. The summed E-state index contributed by atoms with van der Waals surface area (Å²) < 4.78 is 4.73. The molecule has 0 radical (unpaired) electrons. The van der Waals surface area contributed by atoms with Crippen LogP contribution in [0.2, 0.25) is 0 Å². The van der Waals surface area contributed by atoms with Gasteiger partial charge in [0, 0.05) is 5.69 Å². The van der Waals surface area contributed by atoms with Gasteiger partial charge in [-0.25, -0.2) is 4.79 Å². The predicted molar refractivity (Wildman–Crippen MR) is 112 cm³/mol. The van der Waals surface area contributed by atoms with Gasteiger partial charge in [-0.1, -0.05) is 38.1 Å². The number of anilines is 3. The lowest BCUT2D eigenvalue weighted by molar-refractivity contribution is 0.0602. The number of amides is 1. The number of hydrogen-bond acceptors (Lipinski definition) is 6. The van der Waals surface area contributed by atoms with Crippen LogP contribution in [0, 0.1) is 0 Å². The van der Waals surface area contributed by atoms with Crippen LogP contribution >= 0.6 is 0 Å². The Balaban J connectivity index is 1.68. The molecule has 3 rings (SSSR count). The monoisotopic (exact) mass is 390 g/mol. The maximum absolute atomic E-state index is 12.5. The number of rotatable bonds is 6. The van der Waals surface area contributed by atoms with Crippen LogP contribution < -0.4 is 10.6 Å². The molecule has 0 fully saturated rings. The van der Waals surface area contributed by atoms with Gasteiger partial charge < -0.3 is 15.4 Å². The number of methoxy groups -OCH3 is 1. The quantitative estimate of drug-likeness (QED) is 0.607. The molecule has 0 atom stereocenters. The van der Waals surface area contributed by atoms with Crippen molar-refractivity contribution in [2.24, 2.45) is 0 Å². The molecule has 0 spiro atoms. The van der Waals surface area contributed by atoms with E-state index in [0.29, 0.717) is 17.4 Å². The summed E-state index contributed by atoms with van der Waals surface area (Å²) in [5.41, 5.74) is 2.87. The first kappa shape index (κ1) is 20.0. The van der Waals surface area contributed by atoms with E-state index in [9.17, 15) is 9.59 Å². The fourth-order valence-electron chi connectivity index (χ4n) is 2.69. The molecule has 7 nitrogen and oxygen atoms in total. The Hall–Kier alpha value is -3.74. The minimum Gasteiger partial charge on any atom is -0.465 e. The van der Waals surface area contributed by atoms with Gasteiger partial charge in [-0.3, -0.25) is 4.79 Å². The first-order valence-electron chi connectivity index (χ1n) is 9.17. The third-order valence-corrected chi connectivity index (χ3v) is 4.33. The second kappa shape index (κ2) is 8.97. The summed E-state index contributed by atoms with van der Waals surface area (Å²) in [6, 6.07) is 17.9. The third-order valence-electron chi connectivity index (χ3n) is 4.33. The van der Waals surface area contributed by atoms with E-state index in [2.05, 4.69) is 46.8 Å². The Morgan fingerprint density at radius 2 is 1.66 bits per heavy atom. The Morgan fingerprint density at radius 1 is 0.931 bits per heavy atom. The number of ether oxygens (including phenoxy) is 1. The van der Waals surface area contributed by atoms with E-state index in [1.54, 1.807) is 36.4 Å². The fraction of sp³-hybridized carbons (Fsp3) is 0.182. The van der Waals surface area contributed by atoms with E-state index in [0.717, 1.165) is 5.69 Å². The second-order valence-electron chi connectivity index (χ2n) is 6.70. The van der Waals surface area contributed by atoms with Gasteiger partial charge in [0.2, 0.25) is 0 Å². The summed E-state index contributed by atoms with van der Waals surface area (Å²) in [6.07, 6.45) is 0. The van der Waals surface area contributed by atoms with Crippen LogP contribution in [0.4, 0.5) is 17.2 Å². The highest BCUT2D eigenvalue weighted by Gasteiger charge is 2.15. The molecule has 2 N–H and O–H groups in total. The molecular formula is C22H22N4O3. The second-order valence-corrected chi connectivity index (χ2v) is 6.70. The summed E-state index contributed by atoms with van der Waals surface area (Å²) in [5, 5.41) is 13.8. The first-order valence-corrected chi connectivity index (χ1v) is 9.17. The molecule has 0 aliphatic rings. The standard InChI is InChI=1S/C22H22N4O3/c1-14(2)15-8-10-16(11-9-15)23-20-13-12-19(25-26-20)21(27)24-18-7-5-4-6-17(18)22(28)29-3/h4-14H,1-3H3,(H,23,26)(H,24,27). The topological polar surface area (TPSA) is 93.2 Å². The van der Waals surface area contributed by atoms with Crippen molar-refractivity contribution in [3.63, 3.8) is 0 Å². The lowest BCUT2D eigenvalue weighted by Gasteiger charge is -2.10. The van der Waals surface area contributed by atoms with E-state index < -0.39 is 11.9 Å². The molecule has 0 saturated heterocycles. The molecule has 0 aliphatic carbocycles. The van der Waals surface area contributed by atoms with Gasteiger partial charge in [-0.2, -0.15) is 0 Å². The average Bonchev–Trinajstić information content (AvgIpc) is 2.74. The number of carbonyl (C=O) groups excluding carboxylic acids is 2. The number of esters is 1. The Morgan fingerprint density at radius 3 is 2.28 bits per heavy atom. The molecule has 0 saturated carbocycles. The Labute approximate surface area is 169 Å². The van der Waals surface area contributed by atoms with E-state index >= 15 is 0 Å². The molecule has 3 aromatic rings. The molecule has 0 aliphatic heterocycles. The zero-order valence-corrected chi connectivity index (χ0v) is 16.5. The van der Waals surface area contributed by atoms with Gasteiger partial charge in [-0.15, -0.1) is 10.2 Å². The molecule has 0 bridgehead atoms. The summed E-state index contributed by atoms with van der Waals surface area (Å²) >= 11 is 0. The van der Waals surface area contributed by atoms with Crippen molar-refractivity contribution in [2.45, 2.75) is 19.8 Å². The van der Waals surface area contributed by atoms with Crippen molar-refractivity contribution in [1.82, 2.24) is 10.2 Å². The number of nitrogens with one attached hydrogen (secondary N) is 2. The van der Waals surface area contributed by atoms with Crippen molar-refractivity contribution < 1.29 is 14.3 Å². The highest BCUT2D eigenvalue weighted by molar-refractivity contribution is 6.07. The summed E-state index contributed by atoms with van der Waals surface area (Å²) in [6.45, 7) is 4.28. The molecule has 2 aromatic carbocycles. The summed E-state index contributed by atoms with van der Waals surface area (Å²) in [4.78, 5) is 24.3. The molecule has 1 aromatic heterocycles. The van der Waals surface area contributed by atoms with E-state index in [1.807, 2.05) is 12.1 Å². The van der Waals surface area contributed by atoms with Crippen molar-refractivity contribution >= 4 is 29.1 Å². The zero-order valence-electron chi connectivity index (χ0n) is 16.5. The maximum Gasteiger partial charge on any atom is 0.339 e. The molecule has 0 unspecified atom stereocenters. The molecule has 29 heavy (non-hydrogen) atoms. The van der Waals surface area contributed by atoms with Gasteiger partial charge in [0.25, 0.3) is 5.91 Å². The largest absolute Gasteiger partial charge is 0.465 e. The number of benzene rings is 2. The minimum atomic E-state index is -0.532. The summed E-state index contributed by atoms with van der Waals surface area (Å²) in [7, 11) is 1.29. The maximum atomic E-state index is 12.5. The van der Waals surface area contributed by atoms with Crippen LogP contribution in [0.5, 0.6) is 0 Å². The van der Waals surface area contributed by atoms with Crippen LogP contribution in [0.3, 0.4) is 0 Å². The predicted octanol–water partition coefficient (Wildman–Crippen LogP) is 4.38. The van der Waals surface area contributed by atoms with Crippen molar-refractivity contribution in [1.29, 1.82) is 0 Å². The van der Waals surface area contributed by atoms with E-state index in [4.69, 9.17) is 4.74 Å². The summed E-state index contributed by atoms with van der Waals surface area (Å²) in [5.74, 6) is -0.0172. The SMILES string of the molecule is COC(=O)c1ccccc1NC(=O)c1ccc(Nc2ccc(C(C)C)cc2)nn1. The number of carbonyl (C=O) groups is 2. The van der Waals surface area contributed by atoms with Crippen molar-refractivity contribution in [3.05, 3.63) is 77.5 Å². The zero-order chi connectivity index (χ0) is 20.8. The third kappa shape index (κ3) is 4.95. The van der Waals surface area contributed by atoms with E-state index in [1.165, 1.54) is 12.7 Å². The molecular weight excluding hydrogens is 368 g/mol. The van der Waals surface area contributed by atoms with Crippen LogP contribution in [0.25, 0.3) is 0 Å². The lowest BCUT2D eigenvalue weighted by Crippen LogP contribution is -2.17. The van der Waals surface area contributed by atoms with Gasteiger partial charge in [0.15, 0.2) is 11.5 Å². The first-order chi connectivity index (χ1) is 14.0. The highest BCUT2D eigenvalue weighted by atomic mass is 16.5. The number of nitrogens with zero attached hydrogens (tertiary/aromatic N) is 2. The van der Waals surface area contributed by atoms with Gasteiger partial charge in [0.1, 0.15) is 0 Å². The minimum absolute atomic E-state index is 0.130. The van der Waals surface area contributed by atoms with Crippen LogP contribution in [0.15, 0.2) is 60.7 Å². The van der Waals surface area contributed by atoms with Gasteiger partial charge in [-0.05, 0) is 47.9 Å². The van der Waals surface area contributed by atoms with Crippen LogP contribution in [0.1, 0.15) is 46.2 Å². The van der Waals surface area contributed by atoms with E-state index in [-0.39, 0.29) is 11.3 Å². The average molecular weight is 390 g/mol. The highest BCUT2D eigenvalue weighted by Crippen LogP contribution is 2.20. The van der Waals surface area contributed by atoms with Crippen LogP contribution in [-0.2, 0) is 4.74 Å².